The molecule has 0 unspecified atom stereocenters. The Hall–Kier alpha value is -2.29. The predicted octanol–water partition coefficient (Wildman–Crippen LogP) is 4.27. The molecule has 116 valence electrons. The van der Waals surface area contributed by atoms with Gasteiger partial charge in [-0.05, 0) is 50.5 Å². The fourth-order valence-electron chi connectivity index (χ4n) is 2.34. The Kier molecular flexibility index (Phi) is 5.21. The quantitative estimate of drug-likeness (QED) is 0.895. The first-order valence-corrected chi connectivity index (χ1v) is 7.64. The highest BCUT2D eigenvalue weighted by Crippen LogP contribution is 2.21. The summed E-state index contributed by atoms with van der Waals surface area (Å²) in [7, 11) is 0. The van der Waals surface area contributed by atoms with Crippen molar-refractivity contribution >= 4 is 11.6 Å². The molecule has 0 aliphatic heterocycles. The van der Waals surface area contributed by atoms with Crippen LogP contribution in [0.15, 0.2) is 42.5 Å². The minimum atomic E-state index is -0.548. The number of benzene rings is 2. The molecule has 0 bridgehead atoms. The molecule has 0 fully saturated rings. The molecule has 2 aromatic rings. The predicted molar refractivity (Wildman–Crippen MR) is 90.5 cm³/mol. The highest BCUT2D eigenvalue weighted by molar-refractivity contribution is 5.94. The van der Waals surface area contributed by atoms with E-state index >= 15 is 0 Å². The monoisotopic (exact) mass is 297 g/mol. The molecule has 0 spiro atoms. The van der Waals surface area contributed by atoms with Crippen LogP contribution in [0.5, 0.6) is 5.75 Å². The number of anilines is 1. The molecule has 0 aliphatic carbocycles. The molecule has 1 N–H and O–H groups in total. The van der Waals surface area contributed by atoms with Crippen LogP contribution in [0.3, 0.4) is 0 Å². The largest absolute Gasteiger partial charge is 0.481 e. The second kappa shape index (κ2) is 7.12. The average Bonchev–Trinajstić information content (AvgIpc) is 2.50. The average molecular weight is 297 g/mol. The second-order valence-corrected chi connectivity index (χ2v) is 5.53. The first kappa shape index (κ1) is 16.1. The van der Waals surface area contributed by atoms with E-state index in [2.05, 4.69) is 12.2 Å². The van der Waals surface area contributed by atoms with E-state index in [9.17, 15) is 4.79 Å². The third-order valence-corrected chi connectivity index (χ3v) is 3.67. The van der Waals surface area contributed by atoms with Crippen LogP contribution < -0.4 is 10.1 Å². The summed E-state index contributed by atoms with van der Waals surface area (Å²) in [5.41, 5.74) is 4.16. The van der Waals surface area contributed by atoms with Crippen LogP contribution in [-0.4, -0.2) is 12.0 Å². The summed E-state index contributed by atoms with van der Waals surface area (Å²) in [6.07, 6.45) is 0.329. The summed E-state index contributed by atoms with van der Waals surface area (Å²) in [6, 6.07) is 13.8. The molecule has 2 rings (SSSR count). The first-order valence-electron chi connectivity index (χ1n) is 7.64. The lowest BCUT2D eigenvalue weighted by Gasteiger charge is -2.17. The van der Waals surface area contributed by atoms with Crippen LogP contribution in [0.1, 0.15) is 30.5 Å². The standard InChI is InChI=1S/C19H23NO2/c1-5-16-8-6-7-9-18(16)22-15(4)19(21)20-17-11-10-13(2)12-14(17)3/h6-12,15H,5H2,1-4H3,(H,20,21)/t15-/m1/s1. The molecule has 0 aliphatic rings. The summed E-state index contributed by atoms with van der Waals surface area (Å²) in [5.74, 6) is 0.631. The summed E-state index contributed by atoms with van der Waals surface area (Å²) in [6.45, 7) is 7.86. The Morgan fingerprint density at radius 2 is 1.91 bits per heavy atom. The van der Waals surface area contributed by atoms with Crippen molar-refractivity contribution in [2.24, 2.45) is 0 Å². The van der Waals surface area contributed by atoms with Crippen molar-refractivity contribution in [3.63, 3.8) is 0 Å². The van der Waals surface area contributed by atoms with Gasteiger partial charge in [0.25, 0.3) is 5.91 Å². The van der Waals surface area contributed by atoms with Crippen molar-refractivity contribution < 1.29 is 9.53 Å². The Balaban J connectivity index is 2.06. The van der Waals surface area contributed by atoms with Crippen molar-refractivity contribution in [1.82, 2.24) is 0 Å². The van der Waals surface area contributed by atoms with Crippen molar-refractivity contribution in [3.05, 3.63) is 59.2 Å². The highest BCUT2D eigenvalue weighted by Gasteiger charge is 2.16. The summed E-state index contributed by atoms with van der Waals surface area (Å²) < 4.78 is 5.82. The van der Waals surface area contributed by atoms with Crippen LogP contribution in [0, 0.1) is 13.8 Å². The molecular weight excluding hydrogens is 274 g/mol. The lowest BCUT2D eigenvalue weighted by molar-refractivity contribution is -0.122. The van der Waals surface area contributed by atoms with Crippen molar-refractivity contribution in [3.8, 4) is 5.75 Å². The number of carbonyl (C=O) groups is 1. The van der Waals surface area contributed by atoms with Gasteiger partial charge in [-0.1, -0.05) is 42.8 Å². The molecule has 2 aromatic carbocycles. The zero-order valence-corrected chi connectivity index (χ0v) is 13.6. The molecule has 0 saturated carbocycles. The lowest BCUT2D eigenvalue weighted by Crippen LogP contribution is -2.30. The number of carbonyl (C=O) groups excluding carboxylic acids is 1. The Bertz CT molecular complexity index is 664. The van der Waals surface area contributed by atoms with Gasteiger partial charge in [-0.25, -0.2) is 0 Å². The topological polar surface area (TPSA) is 38.3 Å². The van der Waals surface area contributed by atoms with Gasteiger partial charge in [0.05, 0.1) is 0 Å². The maximum atomic E-state index is 12.3. The zero-order valence-electron chi connectivity index (χ0n) is 13.6. The van der Waals surface area contributed by atoms with Gasteiger partial charge in [0.15, 0.2) is 6.10 Å². The zero-order chi connectivity index (χ0) is 16.1. The first-order chi connectivity index (χ1) is 10.5. The van der Waals surface area contributed by atoms with Crippen LogP contribution in [0.4, 0.5) is 5.69 Å². The molecule has 0 heterocycles. The van der Waals surface area contributed by atoms with E-state index in [1.807, 2.05) is 56.3 Å². The number of hydrogen-bond donors (Lipinski definition) is 1. The van der Waals surface area contributed by atoms with E-state index in [4.69, 9.17) is 4.74 Å². The third-order valence-electron chi connectivity index (χ3n) is 3.67. The molecule has 0 saturated heterocycles. The van der Waals surface area contributed by atoms with Crippen LogP contribution in [0.25, 0.3) is 0 Å². The molecule has 0 radical (unpaired) electrons. The van der Waals surface area contributed by atoms with Gasteiger partial charge < -0.3 is 10.1 Å². The van der Waals surface area contributed by atoms with E-state index in [1.54, 1.807) is 6.92 Å². The molecule has 1 atom stereocenters. The normalized spacial score (nSPS) is 11.8. The minimum absolute atomic E-state index is 0.141. The van der Waals surface area contributed by atoms with E-state index in [-0.39, 0.29) is 5.91 Å². The van der Waals surface area contributed by atoms with Gasteiger partial charge in [-0.15, -0.1) is 0 Å². The van der Waals surface area contributed by atoms with Crippen LogP contribution >= 0.6 is 0 Å². The van der Waals surface area contributed by atoms with E-state index in [1.165, 1.54) is 5.56 Å². The SMILES string of the molecule is CCc1ccccc1O[C@H](C)C(=O)Nc1ccc(C)cc1C. The third kappa shape index (κ3) is 3.88. The molecule has 0 aromatic heterocycles. The maximum Gasteiger partial charge on any atom is 0.265 e. The Morgan fingerprint density at radius 3 is 2.59 bits per heavy atom. The molecule has 3 nitrogen and oxygen atoms in total. The van der Waals surface area contributed by atoms with Gasteiger partial charge in [0.1, 0.15) is 5.75 Å². The number of para-hydroxylation sites is 1. The number of amides is 1. The summed E-state index contributed by atoms with van der Waals surface area (Å²) >= 11 is 0. The van der Waals surface area contributed by atoms with Gasteiger partial charge in [0, 0.05) is 5.69 Å². The Morgan fingerprint density at radius 1 is 1.18 bits per heavy atom. The summed E-state index contributed by atoms with van der Waals surface area (Å²) in [4.78, 5) is 12.3. The number of rotatable bonds is 5. The van der Waals surface area contributed by atoms with Gasteiger partial charge >= 0.3 is 0 Å². The van der Waals surface area contributed by atoms with Crippen molar-refractivity contribution in [2.75, 3.05) is 5.32 Å². The summed E-state index contributed by atoms with van der Waals surface area (Å²) in [5, 5.41) is 2.93. The number of ether oxygens (including phenoxy) is 1. The van der Waals surface area contributed by atoms with Gasteiger partial charge in [0.2, 0.25) is 0 Å². The van der Waals surface area contributed by atoms with E-state index < -0.39 is 6.10 Å². The fraction of sp³-hybridized carbons (Fsp3) is 0.316. The number of hydrogen-bond acceptors (Lipinski definition) is 2. The molecular formula is C19H23NO2. The Labute approximate surface area is 132 Å². The van der Waals surface area contributed by atoms with Gasteiger partial charge in [-0.2, -0.15) is 0 Å². The van der Waals surface area contributed by atoms with Crippen molar-refractivity contribution in [1.29, 1.82) is 0 Å². The van der Waals surface area contributed by atoms with Crippen LogP contribution in [-0.2, 0) is 11.2 Å². The number of aryl methyl sites for hydroxylation is 3. The smallest absolute Gasteiger partial charge is 0.265 e. The molecule has 22 heavy (non-hydrogen) atoms. The second-order valence-electron chi connectivity index (χ2n) is 5.53. The fourth-order valence-corrected chi connectivity index (χ4v) is 2.34. The highest BCUT2D eigenvalue weighted by atomic mass is 16.5. The van der Waals surface area contributed by atoms with Gasteiger partial charge in [-0.3, -0.25) is 4.79 Å². The van der Waals surface area contributed by atoms with E-state index in [0.29, 0.717) is 0 Å². The minimum Gasteiger partial charge on any atom is -0.481 e. The van der Waals surface area contributed by atoms with Crippen LogP contribution in [0.2, 0.25) is 0 Å². The lowest BCUT2D eigenvalue weighted by atomic mass is 10.1. The van der Waals surface area contributed by atoms with Crippen molar-refractivity contribution in [2.45, 2.75) is 40.2 Å². The molecule has 3 heteroatoms. The molecule has 1 amide bonds. The number of nitrogens with one attached hydrogen (secondary N) is 1. The maximum absolute atomic E-state index is 12.3. The van der Waals surface area contributed by atoms with E-state index in [0.717, 1.165) is 29.0 Å².